The number of hydrogen-bond donors (Lipinski definition) is 1. The molecule has 0 fully saturated rings. The van der Waals surface area contributed by atoms with E-state index >= 15 is 0 Å². The Kier molecular flexibility index (Phi) is 5.87. The van der Waals surface area contributed by atoms with Crippen LogP contribution in [0.25, 0.3) is 0 Å². The molecule has 1 aromatic carbocycles. The number of benzene rings is 1. The lowest BCUT2D eigenvalue weighted by Crippen LogP contribution is -2.29. The first-order chi connectivity index (χ1) is 8.69. The molecular formula is C16H27BrN2. The van der Waals surface area contributed by atoms with Gasteiger partial charge in [0.15, 0.2) is 0 Å². The normalized spacial score (nSPS) is 12.0. The smallest absolute Gasteiger partial charge is 0.0508 e. The van der Waals surface area contributed by atoms with Crippen LogP contribution in [0.1, 0.15) is 40.2 Å². The maximum atomic E-state index is 3.69. The number of anilines is 1. The first-order valence-corrected chi connectivity index (χ1v) is 7.71. The van der Waals surface area contributed by atoms with Crippen molar-refractivity contribution in [2.24, 2.45) is 5.41 Å². The summed E-state index contributed by atoms with van der Waals surface area (Å²) >= 11 is 3.69. The molecule has 1 N–H and O–H groups in total. The van der Waals surface area contributed by atoms with Crippen molar-refractivity contribution < 1.29 is 0 Å². The predicted octanol–water partition coefficient (Wildman–Crippen LogP) is 4.43. The number of nitrogens with zero attached hydrogens (tertiary/aromatic N) is 1. The highest BCUT2D eigenvalue weighted by atomic mass is 79.9. The lowest BCUT2D eigenvalue weighted by atomic mass is 9.96. The van der Waals surface area contributed by atoms with Crippen LogP contribution in [0.4, 0.5) is 5.69 Å². The van der Waals surface area contributed by atoms with Crippen LogP contribution in [0.5, 0.6) is 0 Å². The molecule has 0 heterocycles. The molecule has 0 aliphatic heterocycles. The highest BCUT2D eigenvalue weighted by Gasteiger charge is 2.15. The topological polar surface area (TPSA) is 15.3 Å². The van der Waals surface area contributed by atoms with Gasteiger partial charge >= 0.3 is 0 Å². The van der Waals surface area contributed by atoms with Crippen molar-refractivity contribution in [3.8, 4) is 0 Å². The second kappa shape index (κ2) is 6.76. The molecule has 3 heteroatoms. The Morgan fingerprint density at radius 2 is 1.89 bits per heavy atom. The summed E-state index contributed by atoms with van der Waals surface area (Å²) < 4.78 is 1.17. The summed E-state index contributed by atoms with van der Waals surface area (Å²) in [4.78, 5) is 2.31. The van der Waals surface area contributed by atoms with Gasteiger partial charge in [0.05, 0.1) is 5.69 Å². The average molecular weight is 327 g/mol. The van der Waals surface area contributed by atoms with Crippen molar-refractivity contribution in [2.75, 3.05) is 18.5 Å². The van der Waals surface area contributed by atoms with Crippen molar-refractivity contribution in [3.63, 3.8) is 0 Å². The molecule has 1 rings (SSSR count). The maximum absolute atomic E-state index is 3.69. The van der Waals surface area contributed by atoms with Crippen molar-refractivity contribution in [1.29, 1.82) is 0 Å². The van der Waals surface area contributed by atoms with Crippen molar-refractivity contribution in [3.05, 3.63) is 28.2 Å². The van der Waals surface area contributed by atoms with Crippen LogP contribution >= 0.6 is 15.9 Å². The minimum atomic E-state index is 0.298. The first kappa shape index (κ1) is 16.5. The minimum absolute atomic E-state index is 0.298. The lowest BCUT2D eigenvalue weighted by Gasteiger charge is -2.29. The Labute approximate surface area is 126 Å². The molecule has 0 aliphatic rings. The minimum Gasteiger partial charge on any atom is -0.373 e. The summed E-state index contributed by atoms with van der Waals surface area (Å²) in [6, 6.07) is 7.13. The number of rotatable bonds is 5. The molecule has 0 amide bonds. The number of halogens is 1. The zero-order valence-electron chi connectivity index (χ0n) is 13.0. The van der Waals surface area contributed by atoms with E-state index in [9.17, 15) is 0 Å². The van der Waals surface area contributed by atoms with Gasteiger partial charge in [0.1, 0.15) is 0 Å². The van der Waals surface area contributed by atoms with Gasteiger partial charge in [-0.15, -0.1) is 0 Å². The van der Waals surface area contributed by atoms with Crippen LogP contribution in [-0.2, 0) is 6.54 Å². The van der Waals surface area contributed by atoms with Gasteiger partial charge in [0.2, 0.25) is 0 Å². The van der Waals surface area contributed by atoms with Gasteiger partial charge in [0, 0.05) is 30.7 Å². The molecule has 2 nitrogen and oxygen atoms in total. The fourth-order valence-corrected chi connectivity index (χ4v) is 2.82. The zero-order valence-corrected chi connectivity index (χ0v) is 14.6. The van der Waals surface area contributed by atoms with E-state index in [0.717, 1.165) is 13.1 Å². The van der Waals surface area contributed by atoms with E-state index in [1.807, 2.05) is 0 Å². The van der Waals surface area contributed by atoms with Gasteiger partial charge in [-0.1, -0.05) is 40.7 Å². The molecule has 19 heavy (non-hydrogen) atoms. The van der Waals surface area contributed by atoms with Crippen LogP contribution in [0.2, 0.25) is 0 Å². The SMILES string of the molecule is CC(C)NCc1ccc(N(C)CC(C)(C)C)c(Br)c1. The fraction of sp³-hybridized carbons (Fsp3) is 0.625. The maximum Gasteiger partial charge on any atom is 0.0508 e. The Balaban J connectivity index is 2.76. The molecule has 0 saturated heterocycles. The predicted molar refractivity (Wildman–Crippen MR) is 88.8 cm³/mol. The molecule has 0 saturated carbocycles. The van der Waals surface area contributed by atoms with Crippen LogP contribution < -0.4 is 10.2 Å². The summed E-state index contributed by atoms with van der Waals surface area (Å²) in [5.41, 5.74) is 2.86. The van der Waals surface area contributed by atoms with Gasteiger partial charge in [0.25, 0.3) is 0 Å². The van der Waals surface area contributed by atoms with Gasteiger partial charge in [-0.2, -0.15) is 0 Å². The zero-order chi connectivity index (χ0) is 14.6. The standard InChI is InChI=1S/C16H27BrN2/c1-12(2)18-10-13-7-8-15(14(17)9-13)19(6)11-16(3,4)5/h7-9,12,18H,10-11H2,1-6H3. The van der Waals surface area contributed by atoms with E-state index in [-0.39, 0.29) is 0 Å². The Morgan fingerprint density at radius 3 is 2.37 bits per heavy atom. The molecule has 0 unspecified atom stereocenters. The number of hydrogen-bond acceptors (Lipinski definition) is 2. The van der Waals surface area contributed by atoms with Gasteiger partial charge in [-0.05, 0) is 39.0 Å². The average Bonchev–Trinajstić information content (AvgIpc) is 2.23. The first-order valence-electron chi connectivity index (χ1n) is 6.92. The Morgan fingerprint density at radius 1 is 1.26 bits per heavy atom. The van der Waals surface area contributed by atoms with Crippen molar-refractivity contribution in [2.45, 2.75) is 47.2 Å². The van der Waals surface area contributed by atoms with Crippen LogP contribution in [0, 0.1) is 5.41 Å². The summed E-state index contributed by atoms with van der Waals surface area (Å²) in [5.74, 6) is 0. The molecule has 108 valence electrons. The number of nitrogens with one attached hydrogen (secondary N) is 1. The van der Waals surface area contributed by atoms with Crippen molar-refractivity contribution >= 4 is 21.6 Å². The Hall–Kier alpha value is -0.540. The molecule has 0 atom stereocenters. The third-order valence-electron chi connectivity index (χ3n) is 2.85. The lowest BCUT2D eigenvalue weighted by molar-refractivity contribution is 0.419. The molecule has 0 bridgehead atoms. The molecule has 0 spiro atoms. The second-order valence-electron chi connectivity index (χ2n) is 6.74. The summed E-state index contributed by atoms with van der Waals surface area (Å²) in [6.07, 6.45) is 0. The third kappa shape index (κ3) is 5.96. The molecule has 1 aromatic rings. The van der Waals surface area contributed by atoms with Crippen molar-refractivity contribution in [1.82, 2.24) is 5.32 Å². The highest BCUT2D eigenvalue weighted by Crippen LogP contribution is 2.29. The molecule has 0 aliphatic carbocycles. The highest BCUT2D eigenvalue weighted by molar-refractivity contribution is 9.10. The summed E-state index contributed by atoms with van der Waals surface area (Å²) in [5, 5.41) is 3.44. The van der Waals surface area contributed by atoms with Gasteiger partial charge in [-0.3, -0.25) is 0 Å². The van der Waals surface area contributed by atoms with Crippen LogP contribution in [0.3, 0.4) is 0 Å². The van der Waals surface area contributed by atoms with E-state index in [2.05, 4.69) is 86.0 Å². The molecular weight excluding hydrogens is 300 g/mol. The largest absolute Gasteiger partial charge is 0.373 e. The third-order valence-corrected chi connectivity index (χ3v) is 3.48. The monoisotopic (exact) mass is 326 g/mol. The van der Waals surface area contributed by atoms with E-state index in [1.165, 1.54) is 15.7 Å². The van der Waals surface area contributed by atoms with Crippen LogP contribution in [-0.4, -0.2) is 19.6 Å². The second-order valence-corrected chi connectivity index (χ2v) is 7.59. The van der Waals surface area contributed by atoms with Crippen LogP contribution in [0.15, 0.2) is 22.7 Å². The summed E-state index contributed by atoms with van der Waals surface area (Å²) in [7, 11) is 2.15. The van der Waals surface area contributed by atoms with Gasteiger partial charge in [-0.25, -0.2) is 0 Å². The van der Waals surface area contributed by atoms with E-state index in [4.69, 9.17) is 0 Å². The van der Waals surface area contributed by atoms with Gasteiger partial charge < -0.3 is 10.2 Å². The van der Waals surface area contributed by atoms with E-state index in [1.54, 1.807) is 0 Å². The molecule has 0 radical (unpaired) electrons. The Bertz CT molecular complexity index is 408. The van der Waals surface area contributed by atoms with E-state index < -0.39 is 0 Å². The fourth-order valence-electron chi connectivity index (χ4n) is 2.09. The molecule has 0 aromatic heterocycles. The van der Waals surface area contributed by atoms with E-state index in [0.29, 0.717) is 11.5 Å². The quantitative estimate of drug-likeness (QED) is 0.861. The summed E-state index contributed by atoms with van der Waals surface area (Å²) in [6.45, 7) is 13.1.